The molecule has 0 aliphatic carbocycles. The highest BCUT2D eigenvalue weighted by Crippen LogP contribution is 2.28. The molecule has 2 N–H and O–H groups in total. The van der Waals surface area contributed by atoms with Crippen LogP contribution < -0.4 is 19.5 Å². The van der Waals surface area contributed by atoms with Gasteiger partial charge in [0.05, 0.1) is 26.5 Å². The molecular weight excluding hydrogens is 298 g/mol. The van der Waals surface area contributed by atoms with E-state index in [4.69, 9.17) is 19.3 Å². The molecular formula is C17H19NO5. The molecule has 6 nitrogen and oxygen atoms in total. The Bertz CT molecular complexity index is 672. The Hall–Kier alpha value is -2.73. The van der Waals surface area contributed by atoms with Gasteiger partial charge in [-0.3, -0.25) is 4.79 Å². The molecule has 2 aromatic carbocycles. The first kappa shape index (κ1) is 16.6. The van der Waals surface area contributed by atoms with Crippen molar-refractivity contribution >= 4 is 11.6 Å². The predicted octanol–water partition coefficient (Wildman–Crippen LogP) is 2.21. The molecule has 0 unspecified atom stereocenters. The molecule has 6 heteroatoms. The van der Waals surface area contributed by atoms with Crippen molar-refractivity contribution in [3.8, 4) is 17.2 Å². The first-order valence-corrected chi connectivity index (χ1v) is 7.01. The van der Waals surface area contributed by atoms with Gasteiger partial charge >= 0.3 is 0 Å². The molecule has 0 aliphatic rings. The molecule has 2 rings (SSSR count). The number of para-hydroxylation sites is 2. The number of anilines is 1. The van der Waals surface area contributed by atoms with E-state index >= 15 is 0 Å². The maximum absolute atomic E-state index is 12.0. The number of rotatable bonds is 7. The Morgan fingerprint density at radius 1 is 1.04 bits per heavy atom. The Labute approximate surface area is 134 Å². The molecule has 0 heterocycles. The minimum absolute atomic E-state index is 0.0923. The van der Waals surface area contributed by atoms with Gasteiger partial charge in [0.15, 0.2) is 18.1 Å². The number of aliphatic hydroxyl groups excluding tert-OH is 1. The number of carbonyl (C=O) groups is 1. The molecule has 0 fully saturated rings. The van der Waals surface area contributed by atoms with Gasteiger partial charge in [-0.2, -0.15) is 0 Å². The van der Waals surface area contributed by atoms with Crippen LogP contribution in [0.1, 0.15) is 5.56 Å². The molecule has 0 spiro atoms. The average Bonchev–Trinajstić information content (AvgIpc) is 2.60. The highest BCUT2D eigenvalue weighted by molar-refractivity contribution is 5.93. The number of hydrogen-bond acceptors (Lipinski definition) is 5. The Balaban J connectivity index is 1.99. The van der Waals surface area contributed by atoms with E-state index in [-0.39, 0.29) is 19.1 Å². The molecule has 1 amide bonds. The van der Waals surface area contributed by atoms with Crippen molar-refractivity contribution in [2.45, 2.75) is 6.61 Å². The van der Waals surface area contributed by atoms with Gasteiger partial charge in [0.1, 0.15) is 5.75 Å². The van der Waals surface area contributed by atoms with E-state index in [0.717, 1.165) is 0 Å². The van der Waals surface area contributed by atoms with Crippen molar-refractivity contribution in [1.29, 1.82) is 0 Å². The van der Waals surface area contributed by atoms with E-state index in [1.165, 1.54) is 14.2 Å². The van der Waals surface area contributed by atoms with Crippen LogP contribution in [0.2, 0.25) is 0 Å². The lowest BCUT2D eigenvalue weighted by atomic mass is 10.2. The van der Waals surface area contributed by atoms with Crippen LogP contribution in [-0.4, -0.2) is 31.8 Å². The zero-order valence-electron chi connectivity index (χ0n) is 13.0. The quantitative estimate of drug-likeness (QED) is 0.819. The summed E-state index contributed by atoms with van der Waals surface area (Å²) in [6.45, 7) is -0.266. The molecule has 0 aliphatic heterocycles. The van der Waals surface area contributed by atoms with Crippen LogP contribution in [0, 0.1) is 0 Å². The van der Waals surface area contributed by atoms with E-state index in [0.29, 0.717) is 28.5 Å². The number of aliphatic hydroxyl groups is 1. The molecule has 0 saturated heterocycles. The summed E-state index contributed by atoms with van der Waals surface area (Å²) in [6.07, 6.45) is 0. The lowest BCUT2D eigenvalue weighted by Crippen LogP contribution is -2.20. The molecule has 0 saturated carbocycles. The third-order valence-corrected chi connectivity index (χ3v) is 3.15. The summed E-state index contributed by atoms with van der Waals surface area (Å²) in [5, 5.41) is 11.8. The van der Waals surface area contributed by atoms with Crippen molar-refractivity contribution in [3.05, 3.63) is 48.0 Å². The summed E-state index contributed by atoms with van der Waals surface area (Å²) in [6, 6.07) is 12.1. The fourth-order valence-corrected chi connectivity index (χ4v) is 2.01. The van der Waals surface area contributed by atoms with Crippen molar-refractivity contribution in [3.63, 3.8) is 0 Å². The predicted molar refractivity (Wildman–Crippen MR) is 86.0 cm³/mol. The van der Waals surface area contributed by atoms with Crippen molar-refractivity contribution in [2.75, 3.05) is 26.1 Å². The van der Waals surface area contributed by atoms with Gasteiger partial charge in [-0.15, -0.1) is 0 Å². The van der Waals surface area contributed by atoms with E-state index < -0.39 is 0 Å². The molecule has 2 aromatic rings. The monoisotopic (exact) mass is 317 g/mol. The molecule has 0 atom stereocenters. The summed E-state index contributed by atoms with van der Waals surface area (Å²) < 4.78 is 15.8. The van der Waals surface area contributed by atoms with Crippen molar-refractivity contribution < 1.29 is 24.1 Å². The minimum Gasteiger partial charge on any atom is -0.495 e. The molecule has 0 bridgehead atoms. The minimum atomic E-state index is -0.317. The summed E-state index contributed by atoms with van der Waals surface area (Å²) in [5.41, 5.74) is 1.28. The fraction of sp³-hybridized carbons (Fsp3) is 0.235. The third kappa shape index (κ3) is 4.37. The van der Waals surface area contributed by atoms with Gasteiger partial charge in [0, 0.05) is 0 Å². The van der Waals surface area contributed by atoms with E-state index in [1.54, 1.807) is 36.4 Å². The SMILES string of the molecule is COc1ccccc1NC(=O)COc1ccc(CO)cc1OC. The number of amides is 1. The molecule has 0 radical (unpaired) electrons. The number of hydrogen-bond donors (Lipinski definition) is 2. The number of methoxy groups -OCH3 is 2. The van der Waals surface area contributed by atoms with Gasteiger partial charge in [-0.1, -0.05) is 18.2 Å². The number of carbonyl (C=O) groups excluding carboxylic acids is 1. The number of nitrogens with one attached hydrogen (secondary N) is 1. The number of ether oxygens (including phenoxy) is 3. The lowest BCUT2D eigenvalue weighted by Gasteiger charge is -2.13. The smallest absolute Gasteiger partial charge is 0.262 e. The first-order valence-electron chi connectivity index (χ1n) is 7.01. The summed E-state index contributed by atoms with van der Waals surface area (Å²) in [7, 11) is 3.04. The maximum Gasteiger partial charge on any atom is 0.262 e. The van der Waals surface area contributed by atoms with Gasteiger partial charge in [-0.05, 0) is 29.8 Å². The average molecular weight is 317 g/mol. The molecule has 122 valence electrons. The summed E-state index contributed by atoms with van der Waals surface area (Å²) in [4.78, 5) is 12.0. The summed E-state index contributed by atoms with van der Waals surface area (Å²) in [5.74, 6) is 1.15. The standard InChI is InChI=1S/C17H19NO5/c1-21-14-6-4-3-5-13(14)18-17(20)11-23-15-8-7-12(10-19)9-16(15)22-2/h3-9,19H,10-11H2,1-2H3,(H,18,20). The van der Waals surface area contributed by atoms with Crippen LogP contribution in [0.4, 0.5) is 5.69 Å². The van der Waals surface area contributed by atoms with E-state index in [9.17, 15) is 4.79 Å². The molecule has 0 aromatic heterocycles. The lowest BCUT2D eigenvalue weighted by molar-refractivity contribution is -0.118. The van der Waals surface area contributed by atoms with Gasteiger partial charge < -0.3 is 24.6 Å². The van der Waals surface area contributed by atoms with Crippen LogP contribution in [0.3, 0.4) is 0 Å². The zero-order valence-corrected chi connectivity index (χ0v) is 13.0. The van der Waals surface area contributed by atoms with Crippen LogP contribution in [0.5, 0.6) is 17.2 Å². The van der Waals surface area contributed by atoms with Crippen LogP contribution in [-0.2, 0) is 11.4 Å². The van der Waals surface area contributed by atoms with Crippen molar-refractivity contribution in [1.82, 2.24) is 0 Å². The van der Waals surface area contributed by atoms with Gasteiger partial charge in [0.2, 0.25) is 0 Å². The maximum atomic E-state index is 12.0. The Morgan fingerprint density at radius 3 is 2.48 bits per heavy atom. The van der Waals surface area contributed by atoms with E-state index in [2.05, 4.69) is 5.32 Å². The van der Waals surface area contributed by atoms with Gasteiger partial charge in [-0.25, -0.2) is 0 Å². The highest BCUT2D eigenvalue weighted by Gasteiger charge is 2.10. The summed E-state index contributed by atoms with van der Waals surface area (Å²) >= 11 is 0. The Kier molecular flexibility index (Phi) is 5.82. The topological polar surface area (TPSA) is 77.0 Å². The highest BCUT2D eigenvalue weighted by atomic mass is 16.5. The van der Waals surface area contributed by atoms with Crippen LogP contribution in [0.25, 0.3) is 0 Å². The van der Waals surface area contributed by atoms with Crippen molar-refractivity contribution in [2.24, 2.45) is 0 Å². The van der Waals surface area contributed by atoms with Crippen LogP contribution in [0.15, 0.2) is 42.5 Å². The zero-order chi connectivity index (χ0) is 16.7. The second-order valence-corrected chi connectivity index (χ2v) is 4.68. The Morgan fingerprint density at radius 2 is 1.78 bits per heavy atom. The number of benzene rings is 2. The van der Waals surface area contributed by atoms with E-state index in [1.807, 2.05) is 6.07 Å². The first-order chi connectivity index (χ1) is 11.2. The van der Waals surface area contributed by atoms with Crippen LogP contribution >= 0.6 is 0 Å². The second-order valence-electron chi connectivity index (χ2n) is 4.68. The third-order valence-electron chi connectivity index (χ3n) is 3.15. The second kappa shape index (κ2) is 8.05. The normalized spacial score (nSPS) is 10.0. The fourth-order valence-electron chi connectivity index (χ4n) is 2.01. The van der Waals surface area contributed by atoms with Gasteiger partial charge in [0.25, 0.3) is 5.91 Å². The largest absolute Gasteiger partial charge is 0.495 e. The molecule has 23 heavy (non-hydrogen) atoms.